The van der Waals surface area contributed by atoms with Crippen LogP contribution in [0.15, 0.2) is 0 Å². The van der Waals surface area contributed by atoms with Gasteiger partial charge in [0.05, 0.1) is 12.0 Å². The zero-order valence-corrected chi connectivity index (χ0v) is 9.14. The third-order valence-corrected chi connectivity index (χ3v) is 3.16. The van der Waals surface area contributed by atoms with Crippen molar-refractivity contribution in [3.8, 4) is 0 Å². The maximum atomic E-state index is 12.1. The van der Waals surface area contributed by atoms with Crippen LogP contribution in [0.4, 0.5) is 0 Å². The SMILES string of the molecule is COCC1(C)CCCC(C)(C)C1=O. The predicted octanol–water partition coefficient (Wildman–Crippen LogP) is 2.42. The molecule has 0 aromatic heterocycles. The second-order valence-electron chi connectivity index (χ2n) is 5.06. The highest BCUT2D eigenvalue weighted by molar-refractivity contribution is 5.90. The summed E-state index contributed by atoms with van der Waals surface area (Å²) in [4.78, 5) is 12.1. The molecular weight excluding hydrogens is 164 g/mol. The molecule has 0 N–H and O–H groups in total. The van der Waals surface area contributed by atoms with Crippen LogP contribution in [0.25, 0.3) is 0 Å². The Morgan fingerprint density at radius 1 is 1.31 bits per heavy atom. The molecule has 1 saturated carbocycles. The number of rotatable bonds is 2. The highest BCUT2D eigenvalue weighted by Crippen LogP contribution is 2.42. The lowest BCUT2D eigenvalue weighted by Gasteiger charge is -2.40. The quantitative estimate of drug-likeness (QED) is 0.658. The molecule has 1 rings (SSSR count). The lowest BCUT2D eigenvalue weighted by atomic mass is 9.63. The van der Waals surface area contributed by atoms with Gasteiger partial charge in [-0.2, -0.15) is 0 Å². The van der Waals surface area contributed by atoms with Gasteiger partial charge in [0.2, 0.25) is 0 Å². The third kappa shape index (κ3) is 1.93. The number of carbonyl (C=O) groups is 1. The van der Waals surface area contributed by atoms with Crippen LogP contribution in [0.1, 0.15) is 40.0 Å². The summed E-state index contributed by atoms with van der Waals surface area (Å²) in [6.07, 6.45) is 3.13. The van der Waals surface area contributed by atoms with Crippen LogP contribution in [0.3, 0.4) is 0 Å². The highest BCUT2D eigenvalue weighted by atomic mass is 16.5. The molecule has 1 aliphatic rings. The molecule has 0 spiro atoms. The number of methoxy groups -OCH3 is 1. The van der Waals surface area contributed by atoms with E-state index >= 15 is 0 Å². The van der Waals surface area contributed by atoms with Crippen molar-refractivity contribution in [2.24, 2.45) is 10.8 Å². The fourth-order valence-electron chi connectivity index (χ4n) is 2.42. The minimum absolute atomic E-state index is 0.147. The molecule has 1 fully saturated rings. The van der Waals surface area contributed by atoms with Crippen molar-refractivity contribution in [3.05, 3.63) is 0 Å². The van der Waals surface area contributed by atoms with Crippen LogP contribution in [0.2, 0.25) is 0 Å². The summed E-state index contributed by atoms with van der Waals surface area (Å²) in [6, 6.07) is 0. The van der Waals surface area contributed by atoms with Gasteiger partial charge >= 0.3 is 0 Å². The van der Waals surface area contributed by atoms with E-state index in [1.54, 1.807) is 7.11 Å². The summed E-state index contributed by atoms with van der Waals surface area (Å²) in [7, 11) is 1.67. The maximum absolute atomic E-state index is 12.1. The second-order valence-corrected chi connectivity index (χ2v) is 5.06. The molecule has 2 heteroatoms. The molecular formula is C11H20O2. The van der Waals surface area contributed by atoms with Crippen molar-refractivity contribution in [2.45, 2.75) is 40.0 Å². The van der Waals surface area contributed by atoms with Gasteiger partial charge in [-0.05, 0) is 12.8 Å². The maximum Gasteiger partial charge on any atom is 0.146 e. The van der Waals surface area contributed by atoms with Crippen LogP contribution < -0.4 is 0 Å². The van der Waals surface area contributed by atoms with Crippen LogP contribution in [0, 0.1) is 10.8 Å². The zero-order chi connectivity index (χ0) is 10.1. The Labute approximate surface area is 80.7 Å². The first-order chi connectivity index (χ1) is 5.92. The van der Waals surface area contributed by atoms with Crippen LogP contribution in [-0.4, -0.2) is 19.5 Å². The van der Waals surface area contributed by atoms with Crippen molar-refractivity contribution in [2.75, 3.05) is 13.7 Å². The number of Topliss-reactive ketones (excluding diaryl/α,β-unsaturated/α-hetero) is 1. The van der Waals surface area contributed by atoms with Gasteiger partial charge in [-0.15, -0.1) is 0 Å². The van der Waals surface area contributed by atoms with Crippen molar-refractivity contribution >= 4 is 5.78 Å². The molecule has 0 amide bonds. The van der Waals surface area contributed by atoms with Crippen LogP contribution >= 0.6 is 0 Å². The summed E-state index contributed by atoms with van der Waals surface area (Å²) in [5.41, 5.74) is -0.387. The number of carbonyl (C=O) groups excluding carboxylic acids is 1. The van der Waals surface area contributed by atoms with Crippen molar-refractivity contribution in [3.63, 3.8) is 0 Å². The zero-order valence-electron chi connectivity index (χ0n) is 9.14. The lowest BCUT2D eigenvalue weighted by molar-refractivity contribution is -0.144. The number of hydrogen-bond acceptors (Lipinski definition) is 2. The Morgan fingerprint density at radius 2 is 1.92 bits per heavy atom. The average molecular weight is 184 g/mol. The van der Waals surface area contributed by atoms with Gasteiger partial charge in [0.15, 0.2) is 0 Å². The predicted molar refractivity (Wildman–Crippen MR) is 52.6 cm³/mol. The van der Waals surface area contributed by atoms with Crippen LogP contribution in [-0.2, 0) is 9.53 Å². The summed E-state index contributed by atoms with van der Waals surface area (Å²) < 4.78 is 5.13. The Hall–Kier alpha value is -0.370. The van der Waals surface area contributed by atoms with E-state index in [1.165, 1.54) is 0 Å². The molecule has 0 aromatic rings. The number of hydrogen-bond donors (Lipinski definition) is 0. The second kappa shape index (κ2) is 3.41. The molecule has 0 aromatic carbocycles. The van der Waals surface area contributed by atoms with Crippen molar-refractivity contribution in [1.29, 1.82) is 0 Å². The van der Waals surface area contributed by atoms with Crippen molar-refractivity contribution in [1.82, 2.24) is 0 Å². The summed E-state index contributed by atoms with van der Waals surface area (Å²) in [5, 5.41) is 0. The van der Waals surface area contributed by atoms with Gasteiger partial charge in [-0.1, -0.05) is 27.2 Å². The first-order valence-electron chi connectivity index (χ1n) is 4.96. The van der Waals surface area contributed by atoms with E-state index in [1.807, 2.05) is 20.8 Å². The number of ketones is 1. The lowest BCUT2D eigenvalue weighted by Crippen LogP contribution is -2.45. The fourth-order valence-corrected chi connectivity index (χ4v) is 2.42. The Balaban J connectivity index is 2.81. The van der Waals surface area contributed by atoms with E-state index < -0.39 is 0 Å². The normalized spacial score (nSPS) is 33.4. The minimum Gasteiger partial charge on any atom is -0.384 e. The van der Waals surface area contributed by atoms with E-state index in [0.717, 1.165) is 19.3 Å². The van der Waals surface area contributed by atoms with Gasteiger partial charge in [-0.3, -0.25) is 4.79 Å². The molecule has 0 heterocycles. The van der Waals surface area contributed by atoms with Crippen molar-refractivity contribution < 1.29 is 9.53 Å². The van der Waals surface area contributed by atoms with E-state index in [9.17, 15) is 4.79 Å². The van der Waals surface area contributed by atoms with Gasteiger partial charge in [0.1, 0.15) is 5.78 Å². The van der Waals surface area contributed by atoms with E-state index in [0.29, 0.717) is 12.4 Å². The molecule has 76 valence electrons. The molecule has 2 nitrogen and oxygen atoms in total. The third-order valence-electron chi connectivity index (χ3n) is 3.16. The van der Waals surface area contributed by atoms with Crippen LogP contribution in [0.5, 0.6) is 0 Å². The summed E-state index contributed by atoms with van der Waals surface area (Å²) in [5.74, 6) is 0.369. The van der Waals surface area contributed by atoms with Gasteiger partial charge in [0.25, 0.3) is 0 Å². The standard InChI is InChI=1S/C11H20O2/c1-10(2)6-5-7-11(3,8-13-4)9(10)12/h5-8H2,1-4H3. The molecule has 13 heavy (non-hydrogen) atoms. The monoisotopic (exact) mass is 184 g/mol. The van der Waals surface area contributed by atoms with Gasteiger partial charge in [-0.25, -0.2) is 0 Å². The highest BCUT2D eigenvalue weighted by Gasteiger charge is 2.45. The topological polar surface area (TPSA) is 26.3 Å². The fraction of sp³-hybridized carbons (Fsp3) is 0.909. The molecule has 0 bridgehead atoms. The molecule has 0 radical (unpaired) electrons. The first-order valence-corrected chi connectivity index (χ1v) is 4.96. The minimum atomic E-state index is -0.240. The molecule has 1 atom stereocenters. The Bertz CT molecular complexity index is 204. The summed E-state index contributed by atoms with van der Waals surface area (Å²) >= 11 is 0. The average Bonchev–Trinajstić information content (AvgIpc) is 2.01. The van der Waals surface area contributed by atoms with Gasteiger partial charge < -0.3 is 4.74 Å². The van der Waals surface area contributed by atoms with Gasteiger partial charge in [0, 0.05) is 12.5 Å². The molecule has 0 saturated heterocycles. The molecule has 1 aliphatic carbocycles. The molecule has 1 unspecified atom stereocenters. The Morgan fingerprint density at radius 3 is 2.46 bits per heavy atom. The smallest absolute Gasteiger partial charge is 0.146 e. The number of ether oxygens (including phenoxy) is 1. The van der Waals surface area contributed by atoms with E-state index in [4.69, 9.17) is 4.74 Å². The summed E-state index contributed by atoms with van der Waals surface area (Å²) in [6.45, 7) is 6.68. The van der Waals surface area contributed by atoms with E-state index in [2.05, 4.69) is 0 Å². The molecule has 0 aliphatic heterocycles. The Kier molecular flexibility index (Phi) is 2.81. The first kappa shape index (κ1) is 10.7. The largest absolute Gasteiger partial charge is 0.384 e. The van der Waals surface area contributed by atoms with E-state index in [-0.39, 0.29) is 10.8 Å².